The zero-order chi connectivity index (χ0) is 18.6. The molecule has 0 aliphatic rings. The van der Waals surface area contributed by atoms with Crippen molar-refractivity contribution in [2.24, 2.45) is 0 Å². The number of carbonyl (C=O) groups is 1. The molecule has 0 unspecified atom stereocenters. The Kier molecular flexibility index (Phi) is 5.84. The molecule has 1 aromatic heterocycles. The lowest BCUT2D eigenvalue weighted by atomic mass is 10.2. The van der Waals surface area contributed by atoms with Crippen LogP contribution in [0.15, 0.2) is 28.7 Å². The van der Waals surface area contributed by atoms with Crippen molar-refractivity contribution in [3.8, 4) is 0 Å². The number of oxazole rings is 1. The number of alkyl halides is 3. The molecule has 1 atom stereocenters. The van der Waals surface area contributed by atoms with Crippen LogP contribution in [0.1, 0.15) is 36.3 Å². The summed E-state index contributed by atoms with van der Waals surface area (Å²) in [6.45, 7) is 5.83. The fraction of sp³-hybridized carbons (Fsp3) is 0.412. The fourth-order valence-electron chi connectivity index (χ4n) is 2.21. The molecule has 2 aromatic rings. The SMILES string of the molecule is Cc1nc(CN[C@H](C)CC(=O)Nc2cccc(C(F)(F)F)c2)oc1C. The third-order valence-corrected chi connectivity index (χ3v) is 3.64. The highest BCUT2D eigenvalue weighted by Gasteiger charge is 2.30. The molecule has 2 rings (SSSR count). The number of aromatic nitrogens is 1. The number of anilines is 1. The Balaban J connectivity index is 1.85. The molecule has 0 aliphatic carbocycles. The van der Waals surface area contributed by atoms with E-state index in [0.717, 1.165) is 23.6 Å². The van der Waals surface area contributed by atoms with Crippen LogP contribution >= 0.6 is 0 Å². The van der Waals surface area contributed by atoms with Gasteiger partial charge in [-0.15, -0.1) is 0 Å². The molecule has 0 saturated heterocycles. The Morgan fingerprint density at radius 1 is 1.32 bits per heavy atom. The average molecular weight is 355 g/mol. The maximum absolute atomic E-state index is 12.7. The Hall–Kier alpha value is -2.35. The van der Waals surface area contributed by atoms with Gasteiger partial charge in [-0.1, -0.05) is 6.07 Å². The van der Waals surface area contributed by atoms with Crippen LogP contribution in [0.4, 0.5) is 18.9 Å². The van der Waals surface area contributed by atoms with Crippen molar-refractivity contribution in [2.45, 2.75) is 46.0 Å². The summed E-state index contributed by atoms with van der Waals surface area (Å²) in [6.07, 6.45) is -4.34. The van der Waals surface area contributed by atoms with Crippen LogP contribution in [0.2, 0.25) is 0 Å². The van der Waals surface area contributed by atoms with Gasteiger partial charge >= 0.3 is 6.18 Å². The van der Waals surface area contributed by atoms with E-state index in [1.165, 1.54) is 12.1 Å². The lowest BCUT2D eigenvalue weighted by Gasteiger charge is -2.13. The number of aryl methyl sites for hydroxylation is 2. The summed E-state index contributed by atoms with van der Waals surface area (Å²) in [5.41, 5.74) is 0.129. The van der Waals surface area contributed by atoms with Gasteiger partial charge in [-0.2, -0.15) is 13.2 Å². The summed E-state index contributed by atoms with van der Waals surface area (Å²) in [4.78, 5) is 16.2. The normalized spacial score (nSPS) is 12.9. The van der Waals surface area contributed by atoms with Crippen molar-refractivity contribution < 1.29 is 22.4 Å². The van der Waals surface area contributed by atoms with Gasteiger partial charge in [0.2, 0.25) is 11.8 Å². The molecular formula is C17H20F3N3O2. The molecule has 1 aromatic carbocycles. The average Bonchev–Trinajstić information content (AvgIpc) is 2.83. The van der Waals surface area contributed by atoms with E-state index in [2.05, 4.69) is 15.6 Å². The molecule has 25 heavy (non-hydrogen) atoms. The van der Waals surface area contributed by atoms with Gasteiger partial charge in [0.25, 0.3) is 0 Å². The smallest absolute Gasteiger partial charge is 0.416 e. The molecule has 0 radical (unpaired) electrons. The molecule has 0 saturated carbocycles. The van der Waals surface area contributed by atoms with E-state index in [-0.39, 0.29) is 24.1 Å². The van der Waals surface area contributed by atoms with Gasteiger partial charge in [0.05, 0.1) is 17.8 Å². The molecule has 5 nitrogen and oxygen atoms in total. The van der Waals surface area contributed by atoms with Crippen LogP contribution in [0.3, 0.4) is 0 Å². The van der Waals surface area contributed by atoms with Crippen LogP contribution in [0.5, 0.6) is 0 Å². The summed E-state index contributed by atoms with van der Waals surface area (Å²) in [6, 6.07) is 4.35. The van der Waals surface area contributed by atoms with Gasteiger partial charge < -0.3 is 15.1 Å². The van der Waals surface area contributed by atoms with E-state index in [9.17, 15) is 18.0 Å². The number of rotatable bonds is 6. The number of halogens is 3. The van der Waals surface area contributed by atoms with E-state index in [0.29, 0.717) is 12.4 Å². The number of hydrogen-bond acceptors (Lipinski definition) is 4. The maximum atomic E-state index is 12.7. The van der Waals surface area contributed by atoms with Crippen LogP contribution in [0.25, 0.3) is 0 Å². The van der Waals surface area contributed by atoms with Crippen LogP contribution in [-0.2, 0) is 17.5 Å². The lowest BCUT2D eigenvalue weighted by molar-refractivity contribution is -0.137. The first-order valence-corrected chi connectivity index (χ1v) is 7.78. The predicted molar refractivity (Wildman–Crippen MR) is 87.0 cm³/mol. The molecular weight excluding hydrogens is 335 g/mol. The van der Waals surface area contributed by atoms with Crippen molar-refractivity contribution in [1.29, 1.82) is 0 Å². The number of hydrogen-bond donors (Lipinski definition) is 2. The fourth-order valence-corrected chi connectivity index (χ4v) is 2.21. The van der Waals surface area contributed by atoms with Crippen molar-refractivity contribution in [3.63, 3.8) is 0 Å². The van der Waals surface area contributed by atoms with Crippen molar-refractivity contribution in [2.75, 3.05) is 5.32 Å². The summed E-state index contributed by atoms with van der Waals surface area (Å²) in [7, 11) is 0. The molecule has 136 valence electrons. The molecule has 0 fully saturated rings. The van der Waals surface area contributed by atoms with Gasteiger partial charge in [-0.3, -0.25) is 4.79 Å². The van der Waals surface area contributed by atoms with Gasteiger partial charge in [0.1, 0.15) is 5.76 Å². The molecule has 0 bridgehead atoms. The van der Waals surface area contributed by atoms with Crippen molar-refractivity contribution >= 4 is 11.6 Å². The van der Waals surface area contributed by atoms with E-state index in [1.54, 1.807) is 6.92 Å². The second-order valence-corrected chi connectivity index (χ2v) is 5.86. The maximum Gasteiger partial charge on any atom is 0.416 e. The number of nitrogens with zero attached hydrogens (tertiary/aromatic N) is 1. The first kappa shape index (κ1) is 19.0. The van der Waals surface area contributed by atoms with Gasteiger partial charge in [0.15, 0.2) is 0 Å². The Morgan fingerprint density at radius 2 is 2.04 bits per heavy atom. The third kappa shape index (κ3) is 5.60. The highest BCUT2D eigenvalue weighted by Crippen LogP contribution is 2.30. The lowest BCUT2D eigenvalue weighted by Crippen LogP contribution is -2.30. The summed E-state index contributed by atoms with van der Waals surface area (Å²) >= 11 is 0. The predicted octanol–water partition coefficient (Wildman–Crippen LogP) is 3.82. The van der Waals surface area contributed by atoms with Crippen LogP contribution < -0.4 is 10.6 Å². The van der Waals surface area contributed by atoms with Gasteiger partial charge in [0, 0.05) is 18.2 Å². The first-order valence-electron chi connectivity index (χ1n) is 7.78. The second kappa shape index (κ2) is 7.69. The Morgan fingerprint density at radius 3 is 2.64 bits per heavy atom. The topological polar surface area (TPSA) is 67.2 Å². The molecule has 1 heterocycles. The molecule has 1 amide bonds. The monoisotopic (exact) mass is 355 g/mol. The van der Waals surface area contributed by atoms with Crippen LogP contribution in [-0.4, -0.2) is 16.9 Å². The first-order chi connectivity index (χ1) is 11.6. The van der Waals surface area contributed by atoms with E-state index < -0.39 is 11.7 Å². The van der Waals surface area contributed by atoms with Gasteiger partial charge in [-0.05, 0) is 39.0 Å². The summed E-state index contributed by atoms with van der Waals surface area (Å²) in [5.74, 6) is 0.894. The highest BCUT2D eigenvalue weighted by atomic mass is 19.4. The minimum atomic E-state index is -4.44. The molecule has 8 heteroatoms. The zero-order valence-corrected chi connectivity index (χ0v) is 14.2. The van der Waals surface area contributed by atoms with Crippen molar-refractivity contribution in [1.82, 2.24) is 10.3 Å². The number of amides is 1. The highest BCUT2D eigenvalue weighted by molar-refractivity contribution is 5.91. The van der Waals surface area contributed by atoms with E-state index in [1.807, 2.05) is 13.8 Å². The quantitative estimate of drug-likeness (QED) is 0.827. The summed E-state index contributed by atoms with van der Waals surface area (Å²) < 4.78 is 43.4. The van der Waals surface area contributed by atoms with E-state index >= 15 is 0 Å². The minimum absolute atomic E-state index is 0.106. The Labute approximate surface area is 143 Å². The largest absolute Gasteiger partial charge is 0.444 e. The summed E-state index contributed by atoms with van der Waals surface area (Å²) in [5, 5.41) is 5.57. The second-order valence-electron chi connectivity index (χ2n) is 5.86. The van der Waals surface area contributed by atoms with Gasteiger partial charge in [-0.25, -0.2) is 4.98 Å². The Bertz CT molecular complexity index is 721. The van der Waals surface area contributed by atoms with Crippen molar-refractivity contribution in [3.05, 3.63) is 47.2 Å². The molecule has 0 aliphatic heterocycles. The number of benzene rings is 1. The van der Waals surface area contributed by atoms with E-state index in [4.69, 9.17) is 4.42 Å². The standard InChI is InChI=1S/C17H20F3N3O2/c1-10(21-9-16-22-11(2)12(3)25-16)7-15(24)23-14-6-4-5-13(8-14)17(18,19)20/h4-6,8,10,21H,7,9H2,1-3H3,(H,23,24)/t10-/m1/s1. The zero-order valence-electron chi connectivity index (χ0n) is 14.2. The number of carbonyl (C=O) groups excluding carboxylic acids is 1. The molecule has 0 spiro atoms. The van der Waals surface area contributed by atoms with Crippen LogP contribution in [0, 0.1) is 13.8 Å². The minimum Gasteiger partial charge on any atom is -0.444 e. The third-order valence-electron chi connectivity index (χ3n) is 3.64. The molecule has 2 N–H and O–H groups in total. The number of nitrogens with one attached hydrogen (secondary N) is 2.